The molecule has 26 heavy (non-hydrogen) atoms. The van der Waals surface area contributed by atoms with Crippen molar-refractivity contribution < 1.29 is 9.90 Å². The minimum Gasteiger partial charge on any atom is -0.362 e. The molecule has 0 spiro atoms. The summed E-state index contributed by atoms with van der Waals surface area (Å²) in [5.41, 5.74) is 1.05. The van der Waals surface area contributed by atoms with Crippen LogP contribution in [-0.4, -0.2) is 26.9 Å². The number of pyridine rings is 1. The summed E-state index contributed by atoms with van der Waals surface area (Å²) in [5, 5.41) is 11.7. The average molecular weight is 344 g/mol. The third-order valence-electron chi connectivity index (χ3n) is 4.93. The van der Waals surface area contributed by atoms with Crippen molar-refractivity contribution in [1.29, 1.82) is 0 Å². The molecule has 0 aliphatic carbocycles. The van der Waals surface area contributed by atoms with E-state index in [0.29, 0.717) is 23.2 Å². The van der Waals surface area contributed by atoms with E-state index in [0.717, 1.165) is 5.56 Å². The molecular weight excluding hydrogens is 324 g/mol. The number of benzene rings is 2. The lowest BCUT2D eigenvalue weighted by atomic mass is 9.96. The van der Waals surface area contributed by atoms with Crippen molar-refractivity contribution in [2.45, 2.75) is 25.1 Å². The Morgan fingerprint density at radius 3 is 2.35 bits per heavy atom. The zero-order valence-corrected chi connectivity index (χ0v) is 14.5. The number of aliphatic hydroxyl groups is 1. The van der Waals surface area contributed by atoms with E-state index in [-0.39, 0.29) is 11.9 Å². The predicted molar refractivity (Wildman–Crippen MR) is 99.5 cm³/mol. The van der Waals surface area contributed by atoms with Crippen LogP contribution in [0.25, 0.3) is 0 Å². The van der Waals surface area contributed by atoms with Crippen LogP contribution in [0, 0.1) is 0 Å². The molecule has 2 heterocycles. The van der Waals surface area contributed by atoms with E-state index in [1.165, 1.54) is 0 Å². The summed E-state index contributed by atoms with van der Waals surface area (Å²) in [4.78, 5) is 19.1. The first-order chi connectivity index (χ1) is 12.6. The number of carbonyl (C=O) groups excluding carboxylic acids is 1. The zero-order chi connectivity index (χ0) is 18.1. The molecule has 1 N–H and O–H groups in total. The molecule has 4 heteroatoms. The van der Waals surface area contributed by atoms with Gasteiger partial charge in [-0.25, -0.2) is 0 Å². The van der Waals surface area contributed by atoms with Gasteiger partial charge in [0.05, 0.1) is 5.56 Å². The van der Waals surface area contributed by atoms with Gasteiger partial charge in [0.2, 0.25) is 5.72 Å². The molecule has 3 aromatic rings. The first-order valence-corrected chi connectivity index (χ1v) is 8.73. The highest BCUT2D eigenvalue weighted by atomic mass is 16.3. The quantitative estimate of drug-likeness (QED) is 0.789. The molecule has 2 unspecified atom stereocenters. The van der Waals surface area contributed by atoms with Gasteiger partial charge in [0.1, 0.15) is 5.69 Å². The predicted octanol–water partition coefficient (Wildman–Crippen LogP) is 3.36. The highest BCUT2D eigenvalue weighted by molar-refractivity contribution is 6.00. The smallest absolute Gasteiger partial charge is 0.258 e. The third kappa shape index (κ3) is 2.50. The average Bonchev–Trinajstić information content (AvgIpc) is 2.92. The number of aromatic nitrogens is 1. The van der Waals surface area contributed by atoms with Gasteiger partial charge in [-0.15, -0.1) is 0 Å². The molecule has 1 aliphatic rings. The monoisotopic (exact) mass is 344 g/mol. The number of hydrogen-bond acceptors (Lipinski definition) is 3. The number of nitrogens with zero attached hydrogens (tertiary/aromatic N) is 2. The van der Waals surface area contributed by atoms with Gasteiger partial charge < -0.3 is 5.11 Å². The summed E-state index contributed by atoms with van der Waals surface area (Å²) in [5.74, 6) is -0.192. The summed E-state index contributed by atoms with van der Waals surface area (Å²) in [7, 11) is 0. The van der Waals surface area contributed by atoms with Crippen molar-refractivity contribution in [3.8, 4) is 0 Å². The summed E-state index contributed by atoms with van der Waals surface area (Å²) in [6.07, 6.45) is 2.26. The van der Waals surface area contributed by atoms with Crippen molar-refractivity contribution >= 4 is 5.91 Å². The van der Waals surface area contributed by atoms with Gasteiger partial charge in [-0.2, -0.15) is 0 Å². The minimum atomic E-state index is -1.57. The fourth-order valence-electron chi connectivity index (χ4n) is 3.76. The number of fused-ring (bicyclic) bond motifs is 1. The molecule has 1 aliphatic heterocycles. The molecule has 2 atom stereocenters. The third-order valence-corrected chi connectivity index (χ3v) is 4.93. The Bertz CT molecular complexity index is 927. The largest absolute Gasteiger partial charge is 0.362 e. The van der Waals surface area contributed by atoms with E-state index in [9.17, 15) is 9.90 Å². The van der Waals surface area contributed by atoms with Crippen LogP contribution in [0.4, 0.5) is 0 Å². The lowest BCUT2D eigenvalue weighted by molar-refractivity contribution is -0.0692. The minimum absolute atomic E-state index is 0.192. The second-order valence-corrected chi connectivity index (χ2v) is 6.65. The van der Waals surface area contributed by atoms with Crippen LogP contribution in [-0.2, 0) is 12.1 Å². The van der Waals surface area contributed by atoms with E-state index in [2.05, 4.69) is 4.98 Å². The Balaban J connectivity index is 1.81. The fraction of sp³-hybridized carbons (Fsp3) is 0.182. The van der Waals surface area contributed by atoms with E-state index in [4.69, 9.17) is 0 Å². The fourth-order valence-corrected chi connectivity index (χ4v) is 3.76. The van der Waals surface area contributed by atoms with Gasteiger partial charge in [-0.3, -0.25) is 14.7 Å². The zero-order valence-electron chi connectivity index (χ0n) is 14.5. The lowest BCUT2D eigenvalue weighted by Crippen LogP contribution is -2.50. The topological polar surface area (TPSA) is 53.4 Å². The van der Waals surface area contributed by atoms with Crippen LogP contribution in [0.15, 0.2) is 79.0 Å². The van der Waals surface area contributed by atoms with Crippen LogP contribution >= 0.6 is 0 Å². The Labute approximate surface area is 152 Å². The second-order valence-electron chi connectivity index (χ2n) is 6.65. The number of rotatable bonds is 4. The maximum absolute atomic E-state index is 13.1. The maximum Gasteiger partial charge on any atom is 0.258 e. The number of hydrogen-bond donors (Lipinski definition) is 1. The van der Waals surface area contributed by atoms with Gasteiger partial charge in [-0.1, -0.05) is 60.7 Å². The molecule has 0 saturated heterocycles. The van der Waals surface area contributed by atoms with E-state index >= 15 is 0 Å². The molecular formula is C22H20N2O2. The molecule has 0 fully saturated rings. The van der Waals surface area contributed by atoms with Gasteiger partial charge in [0.25, 0.3) is 5.91 Å². The standard InChI is InChI=1S/C22H20N2O2/c1-16(15-17-9-4-2-5-10-17)24-21(25)19-13-8-14-23-20(19)22(24,26)18-11-6-3-7-12-18/h2-14,16,26H,15H2,1H3. The first-order valence-electron chi connectivity index (χ1n) is 8.73. The second kappa shape index (κ2) is 6.39. The molecule has 1 aromatic heterocycles. The first kappa shape index (κ1) is 16.5. The maximum atomic E-state index is 13.1. The Hall–Kier alpha value is -2.98. The summed E-state index contributed by atoms with van der Waals surface area (Å²) in [6.45, 7) is 1.96. The summed E-state index contributed by atoms with van der Waals surface area (Å²) < 4.78 is 0. The number of amides is 1. The highest BCUT2D eigenvalue weighted by Gasteiger charge is 2.52. The molecule has 4 rings (SSSR count). The number of carbonyl (C=O) groups is 1. The Morgan fingerprint density at radius 2 is 1.65 bits per heavy atom. The van der Waals surface area contributed by atoms with E-state index in [1.807, 2.05) is 67.6 Å². The Kier molecular flexibility index (Phi) is 4.05. The van der Waals surface area contributed by atoms with Crippen molar-refractivity contribution in [2.75, 3.05) is 0 Å². The van der Waals surface area contributed by atoms with Crippen LogP contribution in [0.2, 0.25) is 0 Å². The summed E-state index contributed by atoms with van der Waals surface area (Å²) in [6, 6.07) is 22.5. The molecule has 0 saturated carbocycles. The SMILES string of the molecule is CC(Cc1ccccc1)N1C(=O)c2cccnc2C1(O)c1ccccc1. The van der Waals surface area contributed by atoms with Gasteiger partial charge in [0.15, 0.2) is 0 Å². The summed E-state index contributed by atoms with van der Waals surface area (Å²) >= 11 is 0. The van der Waals surface area contributed by atoms with Gasteiger partial charge in [0, 0.05) is 17.8 Å². The van der Waals surface area contributed by atoms with Crippen molar-refractivity contribution in [3.05, 3.63) is 101 Å². The van der Waals surface area contributed by atoms with Crippen molar-refractivity contribution in [1.82, 2.24) is 9.88 Å². The molecule has 1 amide bonds. The van der Waals surface area contributed by atoms with E-state index in [1.54, 1.807) is 23.2 Å². The molecule has 4 nitrogen and oxygen atoms in total. The molecule has 130 valence electrons. The van der Waals surface area contributed by atoms with Crippen LogP contribution in [0.3, 0.4) is 0 Å². The van der Waals surface area contributed by atoms with E-state index < -0.39 is 5.72 Å². The Morgan fingerprint density at radius 1 is 1.00 bits per heavy atom. The molecule has 2 aromatic carbocycles. The highest BCUT2D eigenvalue weighted by Crippen LogP contribution is 2.42. The van der Waals surface area contributed by atoms with Crippen molar-refractivity contribution in [2.24, 2.45) is 0 Å². The molecule has 0 bridgehead atoms. The van der Waals surface area contributed by atoms with Crippen LogP contribution < -0.4 is 0 Å². The van der Waals surface area contributed by atoms with Gasteiger partial charge >= 0.3 is 0 Å². The normalized spacial score (nSPS) is 20.1. The van der Waals surface area contributed by atoms with Gasteiger partial charge in [-0.05, 0) is 31.0 Å². The van der Waals surface area contributed by atoms with Crippen LogP contribution in [0.1, 0.15) is 34.1 Å². The van der Waals surface area contributed by atoms with Crippen molar-refractivity contribution in [3.63, 3.8) is 0 Å². The lowest BCUT2D eigenvalue weighted by Gasteiger charge is -2.38. The van der Waals surface area contributed by atoms with Crippen LogP contribution in [0.5, 0.6) is 0 Å². The molecule has 0 radical (unpaired) electrons.